The zero-order valence-corrected chi connectivity index (χ0v) is 18.6. The number of carbonyl (C=O) groups excluding carboxylic acids is 1. The van der Waals surface area contributed by atoms with Crippen molar-refractivity contribution in [3.63, 3.8) is 0 Å². The van der Waals surface area contributed by atoms with Crippen LogP contribution >= 0.6 is 0 Å². The summed E-state index contributed by atoms with van der Waals surface area (Å²) in [6.07, 6.45) is 4.57. The number of fused-ring (bicyclic) bond motifs is 1. The zero-order valence-electron chi connectivity index (χ0n) is 18.6. The van der Waals surface area contributed by atoms with Crippen molar-refractivity contribution in [3.8, 4) is 23.7 Å². The first-order valence-corrected chi connectivity index (χ1v) is 10.7. The number of nitrogens with zero attached hydrogens (tertiary/aromatic N) is 8. The molecule has 11 nitrogen and oxygen atoms in total. The van der Waals surface area contributed by atoms with Crippen molar-refractivity contribution in [2.75, 3.05) is 18.8 Å². The second-order valence-electron chi connectivity index (χ2n) is 8.20. The summed E-state index contributed by atoms with van der Waals surface area (Å²) in [6.45, 7) is 2.24. The van der Waals surface area contributed by atoms with E-state index in [1.807, 2.05) is 0 Å². The lowest BCUT2D eigenvalue weighted by Gasteiger charge is -2.34. The molecule has 1 aliphatic rings. The van der Waals surface area contributed by atoms with Crippen LogP contribution in [0.3, 0.4) is 0 Å². The number of likely N-dealkylation sites (tertiary alicyclic amines) is 1. The average molecular weight is 465 g/mol. The van der Waals surface area contributed by atoms with E-state index < -0.39 is 5.60 Å². The highest BCUT2D eigenvalue weighted by molar-refractivity contribution is 6.05. The van der Waals surface area contributed by atoms with Crippen molar-refractivity contribution < 1.29 is 9.90 Å². The van der Waals surface area contributed by atoms with E-state index in [1.165, 1.54) is 30.2 Å². The summed E-state index contributed by atoms with van der Waals surface area (Å²) in [5.74, 6) is 5.95. The van der Waals surface area contributed by atoms with Gasteiger partial charge in [-0.05, 0) is 31.2 Å². The smallest absolute Gasteiger partial charge is 0.275 e. The molecule has 1 amide bonds. The standard InChI is InChI=1S/C24H19N9O2/c1-24(35,22-27-8-2-9-28-22)7-5-15-3-4-17-18(11-15)33(19-6-10-29-23(26)30-19)31-20(17)21(34)32-13-16(12-25)14-32/h2-4,6,8-11,16,35H,13-14H2,1H3,(H2,26,29,30). The summed E-state index contributed by atoms with van der Waals surface area (Å²) < 4.78 is 1.51. The van der Waals surface area contributed by atoms with Gasteiger partial charge in [0.2, 0.25) is 5.95 Å². The van der Waals surface area contributed by atoms with E-state index >= 15 is 0 Å². The predicted molar refractivity (Wildman–Crippen MR) is 125 cm³/mol. The lowest BCUT2D eigenvalue weighted by atomic mass is 10.0. The molecule has 0 radical (unpaired) electrons. The minimum absolute atomic E-state index is 0.0634. The molecule has 1 saturated heterocycles. The quantitative estimate of drug-likeness (QED) is 0.421. The van der Waals surface area contributed by atoms with Crippen molar-refractivity contribution >= 4 is 22.8 Å². The van der Waals surface area contributed by atoms with Crippen LogP contribution in [0.5, 0.6) is 0 Å². The fourth-order valence-corrected chi connectivity index (χ4v) is 3.68. The second kappa shape index (κ2) is 8.48. The summed E-state index contributed by atoms with van der Waals surface area (Å²) in [4.78, 5) is 31.0. The highest BCUT2D eigenvalue weighted by atomic mass is 16.3. The maximum Gasteiger partial charge on any atom is 0.275 e. The van der Waals surface area contributed by atoms with Crippen LogP contribution in [-0.2, 0) is 5.60 Å². The molecule has 0 spiro atoms. The maximum absolute atomic E-state index is 13.1. The van der Waals surface area contributed by atoms with E-state index in [0.29, 0.717) is 35.4 Å². The fourth-order valence-electron chi connectivity index (χ4n) is 3.68. The van der Waals surface area contributed by atoms with Crippen molar-refractivity contribution in [1.29, 1.82) is 5.26 Å². The van der Waals surface area contributed by atoms with E-state index in [1.54, 1.807) is 35.2 Å². The SMILES string of the molecule is CC(O)(C#Cc1ccc2c(C(=O)N3CC(C#N)C3)nn(-c3ccnc(N)n3)c2c1)c1ncccn1. The Bertz CT molecular complexity index is 1540. The number of nitrogen functional groups attached to an aromatic ring is 1. The molecule has 1 aliphatic heterocycles. The Labute approximate surface area is 199 Å². The number of carbonyl (C=O) groups is 1. The lowest BCUT2D eigenvalue weighted by molar-refractivity contribution is 0.0572. The molecule has 1 atom stereocenters. The molecule has 0 saturated carbocycles. The van der Waals surface area contributed by atoms with Crippen molar-refractivity contribution in [2.45, 2.75) is 12.5 Å². The van der Waals surface area contributed by atoms with Crippen molar-refractivity contribution in [1.82, 2.24) is 34.6 Å². The van der Waals surface area contributed by atoms with Crippen LogP contribution < -0.4 is 5.73 Å². The molecule has 172 valence electrons. The van der Waals surface area contributed by atoms with Crippen molar-refractivity contribution in [2.24, 2.45) is 5.92 Å². The fraction of sp³-hybridized carbons (Fsp3) is 0.208. The van der Waals surface area contributed by atoms with Gasteiger partial charge in [0, 0.05) is 48.7 Å². The Morgan fingerprint density at radius 3 is 2.69 bits per heavy atom. The third-order valence-electron chi connectivity index (χ3n) is 5.56. The van der Waals surface area contributed by atoms with Crippen LogP contribution in [0, 0.1) is 29.1 Å². The normalized spacial score (nSPS) is 14.9. The van der Waals surface area contributed by atoms with Gasteiger partial charge in [0.15, 0.2) is 22.9 Å². The Morgan fingerprint density at radius 1 is 1.20 bits per heavy atom. The van der Waals surface area contributed by atoms with E-state index in [4.69, 9.17) is 11.0 Å². The summed E-state index contributed by atoms with van der Waals surface area (Å²) in [7, 11) is 0. The van der Waals surface area contributed by atoms with Gasteiger partial charge in [0.25, 0.3) is 5.91 Å². The molecule has 5 rings (SSSR count). The number of rotatable bonds is 3. The first-order chi connectivity index (χ1) is 16.9. The number of nitrogens with two attached hydrogens (primary N) is 1. The highest BCUT2D eigenvalue weighted by Crippen LogP contribution is 2.26. The largest absolute Gasteiger partial charge is 0.371 e. The van der Waals surface area contributed by atoms with Crippen LogP contribution in [0.15, 0.2) is 48.9 Å². The van der Waals surface area contributed by atoms with E-state index in [9.17, 15) is 9.90 Å². The molecular weight excluding hydrogens is 446 g/mol. The molecule has 4 heterocycles. The van der Waals surface area contributed by atoms with Gasteiger partial charge < -0.3 is 15.7 Å². The molecule has 3 aromatic heterocycles. The molecule has 1 fully saturated rings. The highest BCUT2D eigenvalue weighted by Gasteiger charge is 2.33. The number of aliphatic hydroxyl groups is 1. The van der Waals surface area contributed by atoms with E-state index in [-0.39, 0.29) is 29.3 Å². The molecule has 1 unspecified atom stereocenters. The Balaban J connectivity index is 1.58. The summed E-state index contributed by atoms with van der Waals surface area (Å²) in [5.41, 5.74) is 5.59. The molecule has 0 aliphatic carbocycles. The number of aromatic nitrogens is 6. The van der Waals surface area contributed by atoms with E-state index in [0.717, 1.165) is 0 Å². The summed E-state index contributed by atoms with van der Waals surface area (Å²) in [6, 6.07) is 10.7. The van der Waals surface area contributed by atoms with Gasteiger partial charge in [-0.15, -0.1) is 0 Å². The number of amides is 1. The minimum Gasteiger partial charge on any atom is -0.371 e. The third-order valence-corrected chi connectivity index (χ3v) is 5.56. The van der Waals surface area contributed by atoms with Crippen LogP contribution in [0.1, 0.15) is 28.8 Å². The number of benzene rings is 1. The van der Waals surface area contributed by atoms with Crippen LogP contribution in [0.25, 0.3) is 16.7 Å². The predicted octanol–water partition coefficient (Wildman–Crippen LogP) is 1.04. The minimum atomic E-state index is -1.56. The molecule has 3 N–H and O–H groups in total. The van der Waals surface area contributed by atoms with Gasteiger partial charge >= 0.3 is 0 Å². The first-order valence-electron chi connectivity index (χ1n) is 10.7. The summed E-state index contributed by atoms with van der Waals surface area (Å²) >= 11 is 0. The van der Waals surface area contributed by atoms with Gasteiger partial charge in [0.1, 0.15) is 0 Å². The molecule has 35 heavy (non-hydrogen) atoms. The molecule has 4 aromatic rings. The second-order valence-corrected chi connectivity index (χ2v) is 8.20. The monoisotopic (exact) mass is 465 g/mol. The van der Waals surface area contributed by atoms with Gasteiger partial charge in [-0.2, -0.15) is 15.3 Å². The molecule has 11 heteroatoms. The summed E-state index contributed by atoms with van der Waals surface area (Å²) in [5, 5.41) is 24.9. The van der Waals surface area contributed by atoms with Crippen LogP contribution in [0.2, 0.25) is 0 Å². The van der Waals surface area contributed by atoms with Gasteiger partial charge in [-0.1, -0.05) is 11.8 Å². The number of nitriles is 1. The molecule has 1 aromatic carbocycles. The topological polar surface area (TPSA) is 160 Å². The number of hydrogen-bond acceptors (Lipinski definition) is 9. The molecule has 0 bridgehead atoms. The Hall–Kier alpha value is -4.87. The number of hydrogen-bond donors (Lipinski definition) is 2. The Morgan fingerprint density at radius 2 is 1.97 bits per heavy atom. The van der Waals surface area contributed by atoms with Crippen LogP contribution in [-0.4, -0.2) is 58.7 Å². The third kappa shape index (κ3) is 4.12. The lowest BCUT2D eigenvalue weighted by Crippen LogP contribution is -2.49. The first kappa shape index (κ1) is 21.9. The van der Waals surface area contributed by atoms with E-state index in [2.05, 4.69) is 42.9 Å². The zero-order chi connectivity index (χ0) is 24.6. The van der Waals surface area contributed by atoms with Gasteiger partial charge in [-0.3, -0.25) is 4.79 Å². The van der Waals surface area contributed by atoms with Crippen molar-refractivity contribution in [3.05, 3.63) is 66.0 Å². The average Bonchev–Trinajstić information content (AvgIpc) is 3.22. The maximum atomic E-state index is 13.1. The Kier molecular flexibility index (Phi) is 5.32. The van der Waals surface area contributed by atoms with Gasteiger partial charge in [0.05, 0.1) is 17.5 Å². The van der Waals surface area contributed by atoms with Crippen LogP contribution in [0.4, 0.5) is 5.95 Å². The van der Waals surface area contributed by atoms with Gasteiger partial charge in [-0.25, -0.2) is 19.6 Å². The molecular formula is C24H19N9O2. The number of anilines is 1.